The molecule has 4 aromatic carbocycles. The number of benzene rings is 4. The predicted octanol–water partition coefficient (Wildman–Crippen LogP) is 5.70. The van der Waals surface area contributed by atoms with Gasteiger partial charge in [-0.25, -0.2) is 4.39 Å². The Balaban J connectivity index is 1.56. The number of methoxy groups -OCH3 is 2. The number of Topliss-reactive ketones (excluding diaryl/α,β-unsaturated/α-hetero) is 2. The molecule has 0 saturated carbocycles. The van der Waals surface area contributed by atoms with Crippen molar-refractivity contribution in [1.29, 1.82) is 0 Å². The lowest BCUT2D eigenvalue weighted by Crippen LogP contribution is -2.51. The number of para-hydroxylation sites is 2. The Kier molecular flexibility index (Phi) is 6.16. The molecule has 3 aliphatic rings. The van der Waals surface area contributed by atoms with Gasteiger partial charge in [0.05, 0.1) is 37.3 Å². The monoisotopic (exact) mass is 574 g/mol. The highest BCUT2D eigenvalue weighted by Crippen LogP contribution is 2.58. The van der Waals surface area contributed by atoms with Crippen molar-refractivity contribution in [3.8, 4) is 11.5 Å². The summed E-state index contributed by atoms with van der Waals surface area (Å²) in [6.45, 7) is 0. The van der Waals surface area contributed by atoms with Crippen molar-refractivity contribution < 1.29 is 28.2 Å². The van der Waals surface area contributed by atoms with E-state index in [2.05, 4.69) is 5.32 Å². The first-order chi connectivity index (χ1) is 20.9. The van der Waals surface area contributed by atoms with E-state index in [4.69, 9.17) is 9.47 Å². The summed E-state index contributed by atoms with van der Waals surface area (Å²) in [5.74, 6) is -2.79. The fourth-order valence-corrected chi connectivity index (χ4v) is 7.11. The maximum absolute atomic E-state index is 15.3. The quantitative estimate of drug-likeness (QED) is 0.298. The minimum Gasteiger partial charge on any atom is -0.497 e. The van der Waals surface area contributed by atoms with Gasteiger partial charge in [-0.15, -0.1) is 0 Å². The van der Waals surface area contributed by atoms with Crippen molar-refractivity contribution >= 4 is 34.9 Å². The number of halogens is 1. The van der Waals surface area contributed by atoms with Crippen LogP contribution < -0.4 is 19.7 Å². The number of amides is 1. The second-order valence-corrected chi connectivity index (χ2v) is 10.8. The molecule has 3 aliphatic heterocycles. The van der Waals surface area contributed by atoms with E-state index >= 15 is 9.18 Å². The van der Waals surface area contributed by atoms with Gasteiger partial charge < -0.3 is 19.7 Å². The lowest BCUT2D eigenvalue weighted by Gasteiger charge is -2.37. The van der Waals surface area contributed by atoms with Gasteiger partial charge in [0.2, 0.25) is 5.91 Å². The summed E-state index contributed by atoms with van der Waals surface area (Å²) in [6, 6.07) is 23.3. The van der Waals surface area contributed by atoms with Crippen LogP contribution in [0.25, 0.3) is 6.08 Å². The molecule has 4 atom stereocenters. The number of hydrogen-bond donors (Lipinski definition) is 1. The third-order valence-electron chi connectivity index (χ3n) is 8.90. The van der Waals surface area contributed by atoms with E-state index in [0.717, 1.165) is 5.56 Å². The zero-order valence-corrected chi connectivity index (χ0v) is 23.4. The third-order valence-corrected chi connectivity index (χ3v) is 8.90. The Labute approximate surface area is 247 Å². The zero-order chi connectivity index (χ0) is 29.9. The molecule has 0 aromatic heterocycles. The first kappa shape index (κ1) is 26.6. The number of ketones is 2. The molecule has 214 valence electrons. The molecule has 1 amide bonds. The van der Waals surface area contributed by atoms with Crippen LogP contribution in [0.15, 0.2) is 97.1 Å². The van der Waals surface area contributed by atoms with Crippen LogP contribution in [0.5, 0.6) is 11.5 Å². The van der Waals surface area contributed by atoms with Crippen LogP contribution in [0.3, 0.4) is 0 Å². The lowest BCUT2D eigenvalue weighted by atomic mass is 9.64. The molecule has 1 fully saturated rings. The van der Waals surface area contributed by atoms with Gasteiger partial charge in [-0.2, -0.15) is 0 Å². The van der Waals surface area contributed by atoms with Crippen LogP contribution in [0.2, 0.25) is 0 Å². The first-order valence-electron chi connectivity index (χ1n) is 13.9. The molecule has 0 aliphatic carbocycles. The summed E-state index contributed by atoms with van der Waals surface area (Å²) in [5.41, 5.74) is 1.13. The molecule has 1 spiro atoms. The second kappa shape index (κ2) is 9.94. The van der Waals surface area contributed by atoms with E-state index in [-0.39, 0.29) is 16.9 Å². The highest BCUT2D eigenvalue weighted by atomic mass is 19.1. The summed E-state index contributed by atoms with van der Waals surface area (Å²) in [6.07, 6.45) is 3.79. The normalized spacial score (nSPS) is 22.9. The molecule has 4 aromatic rings. The van der Waals surface area contributed by atoms with Crippen molar-refractivity contribution in [1.82, 2.24) is 0 Å². The molecule has 1 N–H and O–H groups in total. The topological polar surface area (TPSA) is 84.9 Å². The molecule has 1 saturated heterocycles. The van der Waals surface area contributed by atoms with Gasteiger partial charge in [-0.1, -0.05) is 60.7 Å². The molecule has 8 heteroatoms. The molecule has 7 nitrogen and oxygen atoms in total. The number of rotatable bonds is 6. The summed E-state index contributed by atoms with van der Waals surface area (Å²) < 4.78 is 26.3. The molecule has 0 bridgehead atoms. The van der Waals surface area contributed by atoms with E-state index in [9.17, 15) is 9.59 Å². The Morgan fingerprint density at radius 3 is 2.40 bits per heavy atom. The molecule has 7 rings (SSSR count). The van der Waals surface area contributed by atoms with Crippen molar-refractivity contribution in [2.45, 2.75) is 17.5 Å². The minimum atomic E-state index is -1.53. The number of nitrogens with zero attached hydrogens (tertiary/aromatic N) is 1. The van der Waals surface area contributed by atoms with Crippen LogP contribution in [-0.4, -0.2) is 43.8 Å². The fraction of sp³-hybridized carbons (Fsp3) is 0.171. The Bertz CT molecular complexity index is 1850. The molecule has 3 heterocycles. The summed E-state index contributed by atoms with van der Waals surface area (Å²) in [7, 11) is 2.94. The van der Waals surface area contributed by atoms with Crippen molar-refractivity contribution in [3.05, 3.63) is 125 Å². The van der Waals surface area contributed by atoms with Gasteiger partial charge >= 0.3 is 0 Å². The van der Waals surface area contributed by atoms with Crippen molar-refractivity contribution in [3.63, 3.8) is 0 Å². The highest BCUT2D eigenvalue weighted by Gasteiger charge is 2.70. The smallest absolute Gasteiger partial charge is 0.238 e. The van der Waals surface area contributed by atoms with E-state index < -0.39 is 46.7 Å². The van der Waals surface area contributed by atoms with Crippen LogP contribution in [-0.2, 0) is 10.2 Å². The average molecular weight is 575 g/mol. The van der Waals surface area contributed by atoms with Gasteiger partial charge in [-0.05, 0) is 53.6 Å². The van der Waals surface area contributed by atoms with E-state index in [1.54, 1.807) is 36.4 Å². The molecule has 43 heavy (non-hydrogen) atoms. The summed E-state index contributed by atoms with van der Waals surface area (Å²) in [4.78, 5) is 46.0. The predicted molar refractivity (Wildman–Crippen MR) is 160 cm³/mol. The van der Waals surface area contributed by atoms with Crippen molar-refractivity contribution in [2.24, 2.45) is 5.92 Å². The Morgan fingerprint density at radius 2 is 1.60 bits per heavy atom. The summed E-state index contributed by atoms with van der Waals surface area (Å²) in [5, 5.41) is 2.99. The van der Waals surface area contributed by atoms with Crippen LogP contribution in [0.4, 0.5) is 15.8 Å². The first-order valence-corrected chi connectivity index (χ1v) is 13.9. The van der Waals surface area contributed by atoms with Crippen molar-refractivity contribution in [2.75, 3.05) is 24.4 Å². The number of nitrogens with one attached hydrogen (secondary N) is 1. The number of ether oxygens (including phenoxy) is 2. The number of hydrogen-bond acceptors (Lipinski definition) is 6. The SMILES string of the molecule is COc1ccc(OC)c(C(=O)[C@@H]2[C@H](C(=O)c3ccccc3F)N3c4ccccc4C=C[C@@H]3[C@@]23C(=O)Nc2ccccc23)c1. The summed E-state index contributed by atoms with van der Waals surface area (Å²) >= 11 is 0. The van der Waals surface area contributed by atoms with Gasteiger partial charge in [0.15, 0.2) is 11.6 Å². The third kappa shape index (κ3) is 3.69. The average Bonchev–Trinajstić information content (AvgIpc) is 3.52. The Morgan fingerprint density at radius 1 is 0.860 bits per heavy atom. The number of anilines is 2. The van der Waals surface area contributed by atoms with E-state index in [1.165, 1.54) is 32.4 Å². The molecular weight excluding hydrogens is 547 g/mol. The zero-order valence-electron chi connectivity index (χ0n) is 23.4. The van der Waals surface area contributed by atoms with E-state index in [1.807, 2.05) is 53.5 Å². The highest BCUT2D eigenvalue weighted by molar-refractivity contribution is 6.19. The van der Waals surface area contributed by atoms with Gasteiger partial charge in [0.25, 0.3) is 0 Å². The second-order valence-electron chi connectivity index (χ2n) is 10.8. The fourth-order valence-electron chi connectivity index (χ4n) is 7.11. The number of fused-ring (bicyclic) bond motifs is 6. The van der Waals surface area contributed by atoms with Crippen LogP contribution in [0.1, 0.15) is 31.8 Å². The maximum Gasteiger partial charge on any atom is 0.238 e. The number of carbonyl (C=O) groups is 3. The lowest BCUT2D eigenvalue weighted by molar-refractivity contribution is -0.121. The number of carbonyl (C=O) groups excluding carboxylic acids is 3. The standard InChI is InChI=1S/C35H27FN2O5/c1-42-21-16-17-28(43-2)23(19-21)32(39)30-31(33(40)22-10-4-6-12-25(22)36)38-27-14-8-3-9-20(27)15-18-29(38)35(30)24-11-5-7-13-26(24)37-34(35)41/h3-19,29-31H,1-2H3,(H,37,41)/t29-,30+,31-,35-/m1/s1. The van der Waals surface area contributed by atoms with Crippen LogP contribution >= 0.6 is 0 Å². The minimum absolute atomic E-state index is 0.155. The maximum atomic E-state index is 15.3. The van der Waals surface area contributed by atoms with Gasteiger partial charge in [0.1, 0.15) is 28.8 Å². The molecular formula is C35H27FN2O5. The molecule has 0 unspecified atom stereocenters. The van der Waals surface area contributed by atoms with Gasteiger partial charge in [-0.3, -0.25) is 14.4 Å². The van der Waals surface area contributed by atoms with E-state index in [0.29, 0.717) is 22.7 Å². The largest absolute Gasteiger partial charge is 0.497 e. The van der Waals surface area contributed by atoms with Crippen LogP contribution in [0, 0.1) is 11.7 Å². The van der Waals surface area contributed by atoms with Gasteiger partial charge in [0, 0.05) is 11.4 Å². The molecule has 0 radical (unpaired) electrons. The Hall–Kier alpha value is -5.24.